The monoisotopic (exact) mass is 602 g/mol. The summed E-state index contributed by atoms with van der Waals surface area (Å²) in [5.74, 6) is -0.541. The first kappa shape index (κ1) is 30.2. The molecule has 3 aromatic heterocycles. The molecule has 11 heteroatoms. The topological polar surface area (TPSA) is 123 Å². The number of halogens is 1. The molecule has 4 aromatic rings. The number of aliphatic hydroxyl groups excluding tert-OH is 1. The average Bonchev–Trinajstić information content (AvgIpc) is 3.68. The summed E-state index contributed by atoms with van der Waals surface area (Å²) in [5.41, 5.74) is 3.36. The maximum atomic E-state index is 13.6. The van der Waals surface area contributed by atoms with E-state index in [9.17, 15) is 24.3 Å². The normalized spacial score (nSPS) is 14.6. The van der Waals surface area contributed by atoms with Crippen LogP contribution in [0.2, 0.25) is 0 Å². The number of nitrogens with zero attached hydrogens (tertiary/aromatic N) is 4. The minimum absolute atomic E-state index is 0.176. The van der Waals surface area contributed by atoms with Gasteiger partial charge in [-0.3, -0.25) is 14.0 Å². The molecule has 2 amide bonds. The Hall–Kier alpha value is -4.27. The first-order chi connectivity index (χ1) is 20.8. The molecule has 1 fully saturated rings. The molecule has 1 aromatic carbocycles. The fourth-order valence-electron chi connectivity index (χ4n) is 5.65. The third-order valence-corrected chi connectivity index (χ3v) is 8.48. The van der Waals surface area contributed by atoms with Gasteiger partial charge in [-0.1, -0.05) is 13.8 Å². The number of rotatable bonds is 10. The largest absolute Gasteiger partial charge is 0.394 e. The van der Waals surface area contributed by atoms with Crippen molar-refractivity contribution in [2.75, 3.05) is 31.1 Å². The van der Waals surface area contributed by atoms with Crippen molar-refractivity contribution in [3.63, 3.8) is 0 Å². The lowest BCUT2D eigenvalue weighted by molar-refractivity contribution is 0.0901. The Labute approximate surface area is 254 Å². The molecule has 224 valence electrons. The highest BCUT2D eigenvalue weighted by Gasteiger charge is 2.27. The SMILES string of the molecule is CC(C)C[C@H](CO)NC(=O)c1c(-c2ccsc2)nc2c(C(=O)NCC3CCN(c4ccc(F)cc4C#N)CC3)cccn12. The molecule has 0 radical (unpaired) electrons. The highest BCUT2D eigenvalue weighted by molar-refractivity contribution is 7.08. The molecule has 0 aliphatic carbocycles. The number of hydrogen-bond donors (Lipinski definition) is 3. The average molecular weight is 603 g/mol. The molecular weight excluding hydrogens is 567 g/mol. The van der Waals surface area contributed by atoms with Gasteiger partial charge in [0.15, 0.2) is 5.65 Å². The van der Waals surface area contributed by atoms with E-state index in [0.29, 0.717) is 54.2 Å². The molecule has 4 heterocycles. The minimum atomic E-state index is -0.430. The quantitative estimate of drug-likeness (QED) is 0.238. The Balaban J connectivity index is 1.32. The molecule has 1 saturated heterocycles. The fourth-order valence-corrected chi connectivity index (χ4v) is 6.29. The van der Waals surface area contributed by atoms with Gasteiger partial charge in [-0.05, 0) is 72.9 Å². The Morgan fingerprint density at radius 1 is 1.21 bits per heavy atom. The van der Waals surface area contributed by atoms with Crippen LogP contribution in [-0.4, -0.2) is 58.6 Å². The highest BCUT2D eigenvalue weighted by Crippen LogP contribution is 2.29. The number of pyridine rings is 1. The highest BCUT2D eigenvalue weighted by atomic mass is 32.1. The molecule has 9 nitrogen and oxygen atoms in total. The molecule has 1 aliphatic rings. The Morgan fingerprint density at radius 2 is 2.00 bits per heavy atom. The Bertz CT molecular complexity index is 1640. The second kappa shape index (κ2) is 13.4. The summed E-state index contributed by atoms with van der Waals surface area (Å²) in [5, 5.41) is 29.1. The van der Waals surface area contributed by atoms with Gasteiger partial charge in [0.25, 0.3) is 11.8 Å². The van der Waals surface area contributed by atoms with E-state index in [2.05, 4.69) is 21.6 Å². The van der Waals surface area contributed by atoms with Crippen LogP contribution in [0.4, 0.5) is 10.1 Å². The lowest BCUT2D eigenvalue weighted by Gasteiger charge is -2.34. The molecule has 3 N–H and O–H groups in total. The van der Waals surface area contributed by atoms with Crippen molar-refractivity contribution in [1.82, 2.24) is 20.0 Å². The zero-order valence-corrected chi connectivity index (χ0v) is 25.0. The van der Waals surface area contributed by atoms with E-state index in [1.54, 1.807) is 28.8 Å². The number of fused-ring (bicyclic) bond motifs is 1. The van der Waals surface area contributed by atoms with Gasteiger partial charge in [-0.25, -0.2) is 9.37 Å². The van der Waals surface area contributed by atoms with Gasteiger partial charge in [-0.15, -0.1) is 0 Å². The van der Waals surface area contributed by atoms with Gasteiger partial charge in [-0.2, -0.15) is 16.6 Å². The van der Waals surface area contributed by atoms with Crippen LogP contribution in [0.15, 0.2) is 53.4 Å². The Morgan fingerprint density at radius 3 is 2.67 bits per heavy atom. The van der Waals surface area contributed by atoms with Gasteiger partial charge in [0.2, 0.25) is 0 Å². The second-order valence-electron chi connectivity index (χ2n) is 11.3. The maximum Gasteiger partial charge on any atom is 0.270 e. The van der Waals surface area contributed by atoms with Crippen molar-refractivity contribution >= 4 is 34.5 Å². The van der Waals surface area contributed by atoms with E-state index in [0.717, 1.165) is 24.1 Å². The number of carbonyl (C=O) groups is 2. The summed E-state index contributed by atoms with van der Waals surface area (Å²) in [6.45, 7) is 5.76. The number of benzene rings is 1. The summed E-state index contributed by atoms with van der Waals surface area (Å²) in [6.07, 6.45) is 3.97. The van der Waals surface area contributed by atoms with Gasteiger partial charge in [0.05, 0.1) is 29.5 Å². The van der Waals surface area contributed by atoms with Crippen molar-refractivity contribution in [2.24, 2.45) is 11.8 Å². The number of piperidine rings is 1. The van der Waals surface area contributed by atoms with Crippen LogP contribution in [-0.2, 0) is 0 Å². The van der Waals surface area contributed by atoms with Gasteiger partial charge in [0.1, 0.15) is 23.3 Å². The van der Waals surface area contributed by atoms with E-state index >= 15 is 0 Å². The van der Waals surface area contributed by atoms with Crippen LogP contribution in [0.25, 0.3) is 16.9 Å². The lowest BCUT2D eigenvalue weighted by Crippen LogP contribution is -2.39. The van der Waals surface area contributed by atoms with Crippen LogP contribution in [0, 0.1) is 29.0 Å². The summed E-state index contributed by atoms with van der Waals surface area (Å²) in [4.78, 5) is 33.9. The van der Waals surface area contributed by atoms with Gasteiger partial charge in [0, 0.05) is 36.8 Å². The van der Waals surface area contributed by atoms with Crippen LogP contribution < -0.4 is 15.5 Å². The van der Waals surface area contributed by atoms with E-state index in [-0.39, 0.29) is 30.3 Å². The third kappa shape index (κ3) is 6.71. The number of aliphatic hydroxyl groups is 1. The molecule has 5 rings (SSSR count). The van der Waals surface area contributed by atoms with Crippen molar-refractivity contribution < 1.29 is 19.1 Å². The molecule has 0 spiro atoms. The van der Waals surface area contributed by atoms with E-state index in [1.165, 1.54) is 23.5 Å². The van der Waals surface area contributed by atoms with Gasteiger partial charge >= 0.3 is 0 Å². The standard InChI is InChI=1S/C32H35FN6O3S/c1-20(2)14-25(18-40)36-32(42)29-28(22-9-13-43-19-22)37-30-26(4-3-10-39(29)30)31(41)35-17-21-7-11-38(12-8-21)27-6-5-24(33)15-23(27)16-34/h3-6,9-10,13,15,19-21,25,40H,7-8,11-12,14,17-18H2,1-2H3,(H,35,41)(H,36,42)/t25-/m1/s1. The van der Waals surface area contributed by atoms with E-state index < -0.39 is 11.9 Å². The van der Waals surface area contributed by atoms with E-state index in [4.69, 9.17) is 4.98 Å². The summed E-state index contributed by atoms with van der Waals surface area (Å²) in [6, 6.07) is 11.3. The predicted molar refractivity (Wildman–Crippen MR) is 165 cm³/mol. The second-order valence-corrected chi connectivity index (χ2v) is 12.1. The number of aromatic nitrogens is 2. The number of imidazole rings is 1. The lowest BCUT2D eigenvalue weighted by atomic mass is 9.95. The third-order valence-electron chi connectivity index (χ3n) is 7.80. The number of carbonyl (C=O) groups excluding carboxylic acids is 2. The van der Waals surface area contributed by atoms with E-state index in [1.807, 2.05) is 30.7 Å². The Kier molecular flexibility index (Phi) is 9.38. The number of nitriles is 1. The van der Waals surface area contributed by atoms with Crippen molar-refractivity contribution in [3.05, 3.63) is 76.0 Å². The van der Waals surface area contributed by atoms with Crippen molar-refractivity contribution in [2.45, 2.75) is 39.2 Å². The van der Waals surface area contributed by atoms with Crippen LogP contribution in [0.5, 0.6) is 0 Å². The molecular formula is C32H35FN6O3S. The van der Waals surface area contributed by atoms with Gasteiger partial charge < -0.3 is 20.6 Å². The van der Waals surface area contributed by atoms with Crippen molar-refractivity contribution in [1.29, 1.82) is 5.26 Å². The zero-order valence-electron chi connectivity index (χ0n) is 24.2. The predicted octanol–water partition coefficient (Wildman–Crippen LogP) is 4.86. The van der Waals surface area contributed by atoms with Crippen LogP contribution in [0.3, 0.4) is 0 Å². The number of amides is 2. The summed E-state index contributed by atoms with van der Waals surface area (Å²) >= 11 is 1.49. The number of hydrogen-bond acceptors (Lipinski definition) is 7. The van der Waals surface area contributed by atoms with Crippen LogP contribution in [0.1, 0.15) is 59.5 Å². The summed E-state index contributed by atoms with van der Waals surface area (Å²) < 4.78 is 15.2. The number of thiophene rings is 1. The minimum Gasteiger partial charge on any atom is -0.394 e. The first-order valence-electron chi connectivity index (χ1n) is 14.5. The molecule has 43 heavy (non-hydrogen) atoms. The molecule has 1 aliphatic heterocycles. The fraction of sp³-hybridized carbons (Fsp3) is 0.375. The maximum absolute atomic E-state index is 13.6. The number of nitrogens with one attached hydrogen (secondary N) is 2. The molecule has 1 atom stereocenters. The van der Waals surface area contributed by atoms with Crippen LogP contribution >= 0.6 is 11.3 Å². The first-order valence-corrected chi connectivity index (χ1v) is 15.4. The summed E-state index contributed by atoms with van der Waals surface area (Å²) in [7, 11) is 0. The molecule has 0 unspecified atom stereocenters. The molecule has 0 saturated carbocycles. The van der Waals surface area contributed by atoms with Crippen molar-refractivity contribution in [3.8, 4) is 17.3 Å². The molecule has 0 bridgehead atoms. The number of anilines is 1. The zero-order chi connectivity index (χ0) is 30.5. The smallest absolute Gasteiger partial charge is 0.270 e.